The molecule has 1 aromatic rings. The second-order valence-corrected chi connectivity index (χ2v) is 12.3. The van der Waals surface area contributed by atoms with E-state index in [0.29, 0.717) is 5.75 Å². The predicted octanol–water partition coefficient (Wildman–Crippen LogP) is 0.353. The number of esters is 1. The molecule has 1 unspecified atom stereocenters. The van der Waals surface area contributed by atoms with E-state index in [1.807, 2.05) is 4.98 Å². The fourth-order valence-electron chi connectivity index (χ4n) is 3.07. The number of aromatic amines is 1. The van der Waals surface area contributed by atoms with E-state index in [-0.39, 0.29) is 6.10 Å². The molecule has 0 radical (unpaired) electrons. The number of aliphatic hydroxyl groups excluding tert-OH is 1. The first-order chi connectivity index (χ1) is 14.8. The third-order valence-electron chi connectivity index (χ3n) is 4.62. The zero-order chi connectivity index (χ0) is 24.3. The van der Waals surface area contributed by atoms with Crippen molar-refractivity contribution in [1.82, 2.24) is 14.6 Å². The molecule has 2 rings (SSSR count). The summed E-state index contributed by atoms with van der Waals surface area (Å²) in [7, 11) is 0. The fraction of sp³-hybridized carbons (Fsp3) is 0.722. The van der Waals surface area contributed by atoms with Crippen LogP contribution >= 0.6 is 18.1 Å². The summed E-state index contributed by atoms with van der Waals surface area (Å²) in [5.41, 5.74) is -3.37. The topological polar surface area (TPSA) is 169 Å². The fourth-order valence-corrected chi connectivity index (χ4v) is 6.68. The number of carbonyl (C=O) groups excluding carboxylic acids is 1. The van der Waals surface area contributed by atoms with Gasteiger partial charge in [-0.15, -0.1) is 0 Å². The maximum Gasteiger partial charge on any atom is 0.330 e. The highest BCUT2D eigenvalue weighted by Crippen LogP contribution is 2.56. The second kappa shape index (κ2) is 10.6. The predicted molar refractivity (Wildman–Crippen MR) is 117 cm³/mol. The number of nitrogens with one attached hydrogen (secondary N) is 2. The lowest BCUT2D eigenvalue weighted by atomic mass is 9.96. The molecule has 0 bridgehead atoms. The number of H-pyrrole nitrogens is 1. The minimum atomic E-state index is -3.62. The summed E-state index contributed by atoms with van der Waals surface area (Å²) >= 11 is 0.949. The molecule has 0 aromatic carbocycles. The van der Waals surface area contributed by atoms with Crippen LogP contribution in [-0.2, 0) is 23.4 Å². The quantitative estimate of drug-likeness (QED) is 0.261. The van der Waals surface area contributed by atoms with Crippen LogP contribution < -0.4 is 16.3 Å². The average Bonchev–Trinajstić information content (AvgIpc) is 2.89. The van der Waals surface area contributed by atoms with Crippen molar-refractivity contribution >= 4 is 24.1 Å². The number of aliphatic hydroxyl groups is 2. The normalized spacial score (nSPS) is 28.4. The number of carbonyl (C=O) groups is 1. The van der Waals surface area contributed by atoms with Gasteiger partial charge in [0, 0.05) is 18.0 Å². The summed E-state index contributed by atoms with van der Waals surface area (Å²) in [6.07, 6.45) is -3.20. The van der Waals surface area contributed by atoms with E-state index in [0.717, 1.165) is 28.2 Å². The van der Waals surface area contributed by atoms with Gasteiger partial charge in [0.1, 0.15) is 23.9 Å². The van der Waals surface area contributed by atoms with Gasteiger partial charge in [-0.2, -0.15) is 0 Å². The number of ether oxygens (including phenoxy) is 2. The number of nitrogens with zero attached hydrogens (tertiary/aromatic N) is 1. The van der Waals surface area contributed by atoms with Crippen LogP contribution in [0.2, 0.25) is 0 Å². The van der Waals surface area contributed by atoms with Crippen molar-refractivity contribution in [3.05, 3.63) is 33.1 Å². The second-order valence-electron chi connectivity index (χ2n) is 7.76. The van der Waals surface area contributed by atoms with Crippen molar-refractivity contribution < 1.29 is 33.6 Å². The molecule has 4 N–H and O–H groups in total. The highest BCUT2D eigenvalue weighted by atomic mass is 32.7. The van der Waals surface area contributed by atoms with Crippen molar-refractivity contribution in [3.8, 4) is 0 Å². The van der Waals surface area contributed by atoms with Crippen LogP contribution in [0.4, 0.5) is 0 Å². The van der Waals surface area contributed by atoms with E-state index < -0.39 is 60.6 Å². The van der Waals surface area contributed by atoms with Gasteiger partial charge in [-0.3, -0.25) is 23.7 Å². The zero-order valence-electron chi connectivity index (χ0n) is 18.5. The van der Waals surface area contributed by atoms with Crippen molar-refractivity contribution in [1.29, 1.82) is 0 Å². The highest BCUT2D eigenvalue weighted by Gasteiger charge is 2.54. The van der Waals surface area contributed by atoms with Gasteiger partial charge in [0.25, 0.3) is 5.56 Å². The average molecular weight is 495 g/mol. The number of hydrogen-bond donors (Lipinski definition) is 4. The van der Waals surface area contributed by atoms with Gasteiger partial charge < -0.3 is 24.2 Å². The van der Waals surface area contributed by atoms with Gasteiger partial charge >= 0.3 is 18.4 Å². The summed E-state index contributed by atoms with van der Waals surface area (Å²) in [6.45, 7) is 3.86. The lowest BCUT2D eigenvalue weighted by Crippen LogP contribution is -2.46. The number of rotatable bonds is 10. The van der Waals surface area contributed by atoms with E-state index in [4.69, 9.17) is 14.0 Å². The van der Waals surface area contributed by atoms with Gasteiger partial charge in [-0.1, -0.05) is 18.3 Å². The molecule has 6 atom stereocenters. The molecule has 1 fully saturated rings. The molecule has 1 saturated heterocycles. The van der Waals surface area contributed by atoms with Crippen LogP contribution in [0.3, 0.4) is 0 Å². The molecular weight excluding hydrogens is 465 g/mol. The lowest BCUT2D eigenvalue weighted by Gasteiger charge is -2.27. The molecule has 0 spiro atoms. The Labute approximate surface area is 188 Å². The van der Waals surface area contributed by atoms with Crippen LogP contribution in [-0.4, -0.2) is 68.0 Å². The third-order valence-corrected chi connectivity index (χ3v) is 8.84. The van der Waals surface area contributed by atoms with Crippen LogP contribution in [0.5, 0.6) is 0 Å². The maximum absolute atomic E-state index is 13.2. The molecule has 2 heterocycles. The summed E-state index contributed by atoms with van der Waals surface area (Å²) in [6, 6.07) is 0.150. The Morgan fingerprint density at radius 2 is 2.09 bits per heavy atom. The molecule has 14 heteroatoms. The van der Waals surface area contributed by atoms with E-state index >= 15 is 0 Å². The summed E-state index contributed by atoms with van der Waals surface area (Å²) in [4.78, 5) is 37.5. The first-order valence-electron chi connectivity index (χ1n) is 10.1. The van der Waals surface area contributed by atoms with E-state index in [2.05, 4.69) is 5.09 Å². The van der Waals surface area contributed by atoms with Gasteiger partial charge in [0.05, 0.1) is 12.7 Å². The Kier molecular flexibility index (Phi) is 8.90. The molecule has 1 aliphatic heterocycles. The Balaban J connectivity index is 2.14. The SMILES string of the molecule is CCSP(=O)(N[C@H](C)C(=O)OC(C)C)OC[C@H]1O[C@@H](n2ccc(=O)[nH]c2=O)[C@](C)(O)[C@@H]1O. The van der Waals surface area contributed by atoms with Crippen molar-refractivity contribution in [2.45, 2.75) is 70.8 Å². The van der Waals surface area contributed by atoms with Crippen molar-refractivity contribution in [3.63, 3.8) is 0 Å². The van der Waals surface area contributed by atoms with Crippen LogP contribution in [0, 0.1) is 0 Å². The number of aromatic nitrogens is 2. The molecule has 0 saturated carbocycles. The minimum Gasteiger partial charge on any atom is -0.462 e. The summed E-state index contributed by atoms with van der Waals surface area (Å²) in [5.74, 6) is -0.199. The number of hydrogen-bond acceptors (Lipinski definition) is 10. The minimum absolute atomic E-state index is 0.344. The molecule has 0 amide bonds. The van der Waals surface area contributed by atoms with Gasteiger partial charge in [0.15, 0.2) is 6.23 Å². The zero-order valence-corrected chi connectivity index (χ0v) is 20.2. The Hall–Kier alpha value is -1.47. The summed E-state index contributed by atoms with van der Waals surface area (Å²) < 4.78 is 30.4. The monoisotopic (exact) mass is 495 g/mol. The molecule has 32 heavy (non-hydrogen) atoms. The molecule has 12 nitrogen and oxygen atoms in total. The molecule has 0 aliphatic carbocycles. The first kappa shape index (κ1) is 26.8. The molecule has 1 aliphatic rings. The van der Waals surface area contributed by atoms with Gasteiger partial charge in [-0.05, 0) is 27.7 Å². The Morgan fingerprint density at radius 1 is 1.44 bits per heavy atom. The van der Waals surface area contributed by atoms with Gasteiger partial charge in [-0.25, -0.2) is 9.88 Å². The third kappa shape index (κ3) is 6.31. The largest absolute Gasteiger partial charge is 0.462 e. The van der Waals surface area contributed by atoms with E-state index in [1.165, 1.54) is 13.8 Å². The lowest BCUT2D eigenvalue weighted by molar-refractivity contribution is -0.149. The molecule has 182 valence electrons. The maximum atomic E-state index is 13.2. The van der Waals surface area contributed by atoms with E-state index in [1.54, 1.807) is 20.8 Å². The molecule has 1 aromatic heterocycles. The standard InChI is InChI=1S/C18H30N3O9PS/c1-6-32-31(27,20-11(4)15(24)29-10(2)3)28-9-12-14(23)18(5,26)16(30-12)21-8-7-13(22)19-17(21)25/h7-8,10-12,14,16,23,26H,6,9H2,1-5H3,(H,20,27)(H,19,22,25)/t11-,12-,14-,16-,18-,31?/m1/s1. The van der Waals surface area contributed by atoms with Crippen LogP contribution in [0.25, 0.3) is 0 Å². The smallest absolute Gasteiger partial charge is 0.330 e. The summed E-state index contributed by atoms with van der Waals surface area (Å²) in [5, 5.41) is 23.9. The first-order valence-corrected chi connectivity index (χ1v) is 13.3. The highest BCUT2D eigenvalue weighted by molar-refractivity contribution is 8.56. The Bertz CT molecular complexity index is 964. The Morgan fingerprint density at radius 3 is 2.66 bits per heavy atom. The van der Waals surface area contributed by atoms with E-state index in [9.17, 15) is 29.2 Å². The molecular formula is C18H30N3O9PS. The van der Waals surface area contributed by atoms with Crippen LogP contribution in [0.1, 0.15) is 40.8 Å². The van der Waals surface area contributed by atoms with Crippen molar-refractivity contribution in [2.24, 2.45) is 0 Å². The van der Waals surface area contributed by atoms with Gasteiger partial charge in [0.2, 0.25) is 0 Å². The van der Waals surface area contributed by atoms with Crippen molar-refractivity contribution in [2.75, 3.05) is 12.4 Å². The van der Waals surface area contributed by atoms with Crippen LogP contribution in [0.15, 0.2) is 21.9 Å².